The molecule has 1 unspecified atom stereocenters. The minimum atomic E-state index is -3.60. The van der Waals surface area contributed by atoms with Crippen molar-refractivity contribution in [3.8, 4) is 5.75 Å². The summed E-state index contributed by atoms with van der Waals surface area (Å²) in [5.41, 5.74) is 0.354. The summed E-state index contributed by atoms with van der Waals surface area (Å²) in [6, 6.07) is 4.62. The van der Waals surface area contributed by atoms with Crippen molar-refractivity contribution in [3.05, 3.63) is 18.2 Å². The molecule has 0 spiro atoms. The Morgan fingerprint density at radius 3 is 2.66 bits per heavy atom. The van der Waals surface area contributed by atoms with Crippen molar-refractivity contribution < 1.29 is 23.1 Å². The normalized spacial score (nSPS) is 21.7. The quantitative estimate of drug-likeness (QED) is 0.689. The molecule has 1 amide bonds. The Morgan fingerprint density at radius 1 is 1.21 bits per heavy atom. The molecule has 2 fully saturated rings. The smallest absolute Gasteiger partial charge is 0.243 e. The lowest BCUT2D eigenvalue weighted by Crippen LogP contribution is -2.42. The second-order valence-corrected chi connectivity index (χ2v) is 9.57. The van der Waals surface area contributed by atoms with Crippen LogP contribution in [-0.2, 0) is 14.8 Å². The number of carbonyl (C=O) groups excluding carboxylic acids is 1. The van der Waals surface area contributed by atoms with Gasteiger partial charge in [-0.05, 0) is 57.4 Å². The van der Waals surface area contributed by atoms with Crippen LogP contribution in [0.4, 0.5) is 5.69 Å². The van der Waals surface area contributed by atoms with E-state index in [0.29, 0.717) is 37.7 Å². The fourth-order valence-corrected chi connectivity index (χ4v) is 5.41. The maximum atomic E-state index is 13.0. The molecular formula is C20H31N3O5S. The molecule has 2 aliphatic heterocycles. The van der Waals surface area contributed by atoms with Gasteiger partial charge in [-0.1, -0.05) is 6.42 Å². The van der Waals surface area contributed by atoms with Crippen LogP contribution in [-0.4, -0.2) is 74.1 Å². The van der Waals surface area contributed by atoms with Crippen molar-refractivity contribution in [1.29, 1.82) is 0 Å². The second kappa shape index (κ2) is 9.88. The lowest BCUT2D eigenvalue weighted by atomic mass is 10.1. The summed E-state index contributed by atoms with van der Waals surface area (Å²) < 4.78 is 33.1. The van der Waals surface area contributed by atoms with E-state index in [4.69, 9.17) is 4.74 Å². The van der Waals surface area contributed by atoms with Crippen LogP contribution in [0.2, 0.25) is 0 Å². The Morgan fingerprint density at radius 2 is 1.97 bits per heavy atom. The molecular weight excluding hydrogens is 394 g/mol. The van der Waals surface area contributed by atoms with E-state index in [0.717, 1.165) is 38.6 Å². The van der Waals surface area contributed by atoms with Gasteiger partial charge in [0.1, 0.15) is 5.75 Å². The number of carbonyl (C=O) groups is 1. The topological polar surface area (TPSA) is 99.2 Å². The third-order valence-corrected chi connectivity index (χ3v) is 7.22. The molecule has 1 atom stereocenters. The fourth-order valence-electron chi connectivity index (χ4n) is 3.87. The minimum absolute atomic E-state index is 0.145. The van der Waals surface area contributed by atoms with Crippen LogP contribution in [0.25, 0.3) is 0 Å². The van der Waals surface area contributed by atoms with Crippen LogP contribution < -0.4 is 10.1 Å². The molecule has 162 valence electrons. The zero-order valence-electron chi connectivity index (χ0n) is 17.0. The number of ether oxygens (including phenoxy) is 1. The Balaban J connectivity index is 1.76. The number of sulfonamides is 1. The Kier molecular flexibility index (Phi) is 7.50. The number of hydrogen-bond donors (Lipinski definition) is 2. The number of hydrogen-bond acceptors (Lipinski definition) is 6. The number of aliphatic hydroxyl groups is 1. The maximum absolute atomic E-state index is 13.0. The summed E-state index contributed by atoms with van der Waals surface area (Å²) in [4.78, 5) is 14.6. The number of piperidine rings is 2. The van der Waals surface area contributed by atoms with Crippen LogP contribution in [0.5, 0.6) is 5.75 Å². The first-order valence-corrected chi connectivity index (χ1v) is 11.8. The molecule has 3 rings (SSSR count). The standard InChI is InChI=1S/C20H31N3O5S/c1-2-28-19-9-8-17(29(26,27)23-11-4-3-5-12-23)13-18(19)21-20(25)15-22-10-6-7-16(24)14-22/h8-9,13,16,24H,2-7,10-12,14-15H2,1H3,(H,21,25). The molecule has 0 aliphatic carbocycles. The predicted molar refractivity (Wildman–Crippen MR) is 111 cm³/mol. The summed E-state index contributed by atoms with van der Waals surface area (Å²) in [7, 11) is -3.60. The molecule has 2 heterocycles. The van der Waals surface area contributed by atoms with Crippen molar-refractivity contribution in [2.45, 2.75) is 50.0 Å². The number of nitrogens with zero attached hydrogens (tertiary/aromatic N) is 2. The lowest BCUT2D eigenvalue weighted by Gasteiger charge is -2.29. The molecule has 2 saturated heterocycles. The molecule has 2 aliphatic rings. The monoisotopic (exact) mass is 425 g/mol. The van der Waals surface area contributed by atoms with Gasteiger partial charge in [0.25, 0.3) is 0 Å². The molecule has 29 heavy (non-hydrogen) atoms. The molecule has 1 aromatic carbocycles. The highest BCUT2D eigenvalue weighted by Gasteiger charge is 2.27. The van der Waals surface area contributed by atoms with Gasteiger partial charge in [-0.25, -0.2) is 8.42 Å². The average molecular weight is 426 g/mol. The average Bonchev–Trinajstić information content (AvgIpc) is 2.70. The summed E-state index contributed by atoms with van der Waals surface area (Å²) >= 11 is 0. The van der Waals surface area contributed by atoms with Crippen molar-refractivity contribution >= 4 is 21.6 Å². The maximum Gasteiger partial charge on any atom is 0.243 e. The highest BCUT2D eigenvalue weighted by Crippen LogP contribution is 2.30. The van der Waals surface area contributed by atoms with Crippen LogP contribution in [0.3, 0.4) is 0 Å². The summed E-state index contributed by atoms with van der Waals surface area (Å²) in [6.07, 6.45) is 3.96. The van der Waals surface area contributed by atoms with E-state index in [-0.39, 0.29) is 17.3 Å². The Hall–Kier alpha value is -1.68. The molecule has 0 bridgehead atoms. The van der Waals surface area contributed by atoms with E-state index < -0.39 is 16.1 Å². The number of anilines is 1. The number of amides is 1. The van der Waals surface area contributed by atoms with E-state index >= 15 is 0 Å². The molecule has 0 saturated carbocycles. The van der Waals surface area contributed by atoms with Gasteiger partial charge < -0.3 is 15.2 Å². The predicted octanol–water partition coefficient (Wildman–Crippen LogP) is 1.66. The van der Waals surface area contributed by atoms with E-state index in [1.807, 2.05) is 11.8 Å². The molecule has 2 N–H and O–H groups in total. The zero-order chi connectivity index (χ0) is 20.9. The van der Waals surface area contributed by atoms with Gasteiger partial charge in [0, 0.05) is 19.6 Å². The van der Waals surface area contributed by atoms with Crippen LogP contribution in [0.1, 0.15) is 39.0 Å². The number of nitrogens with one attached hydrogen (secondary N) is 1. The molecule has 1 aromatic rings. The van der Waals surface area contributed by atoms with E-state index in [1.54, 1.807) is 6.07 Å². The second-order valence-electron chi connectivity index (χ2n) is 7.64. The first-order chi connectivity index (χ1) is 13.9. The van der Waals surface area contributed by atoms with Crippen molar-refractivity contribution in [2.75, 3.05) is 44.6 Å². The van der Waals surface area contributed by atoms with Gasteiger partial charge >= 0.3 is 0 Å². The molecule has 0 radical (unpaired) electrons. The zero-order valence-corrected chi connectivity index (χ0v) is 17.8. The minimum Gasteiger partial charge on any atom is -0.492 e. The first-order valence-electron chi connectivity index (χ1n) is 10.4. The van der Waals surface area contributed by atoms with Crippen molar-refractivity contribution in [3.63, 3.8) is 0 Å². The van der Waals surface area contributed by atoms with Gasteiger partial charge in [0.05, 0.1) is 29.8 Å². The van der Waals surface area contributed by atoms with Gasteiger partial charge in [0.15, 0.2) is 0 Å². The number of rotatable bonds is 7. The number of β-amino-alcohol motifs (C(OH)–C–C–N with tert-alkyl or cyclic N) is 1. The van der Waals surface area contributed by atoms with Crippen LogP contribution >= 0.6 is 0 Å². The van der Waals surface area contributed by atoms with Crippen LogP contribution in [0.15, 0.2) is 23.1 Å². The Labute approximate surface area is 172 Å². The van der Waals surface area contributed by atoms with Gasteiger partial charge in [0.2, 0.25) is 15.9 Å². The fraction of sp³-hybridized carbons (Fsp3) is 0.650. The number of benzene rings is 1. The first kappa shape index (κ1) is 22.0. The highest BCUT2D eigenvalue weighted by molar-refractivity contribution is 7.89. The molecule has 9 heteroatoms. The lowest BCUT2D eigenvalue weighted by molar-refractivity contribution is -0.118. The third kappa shape index (κ3) is 5.69. The largest absolute Gasteiger partial charge is 0.492 e. The highest BCUT2D eigenvalue weighted by atomic mass is 32.2. The third-order valence-electron chi connectivity index (χ3n) is 5.33. The summed E-state index contributed by atoms with van der Waals surface area (Å²) in [5, 5.41) is 12.6. The van der Waals surface area contributed by atoms with Gasteiger partial charge in [-0.2, -0.15) is 4.31 Å². The Bertz CT molecular complexity index is 808. The van der Waals surface area contributed by atoms with Crippen molar-refractivity contribution in [2.24, 2.45) is 0 Å². The molecule has 0 aromatic heterocycles. The molecule has 8 nitrogen and oxygen atoms in total. The summed E-state index contributed by atoms with van der Waals surface area (Å²) in [5.74, 6) is 0.185. The van der Waals surface area contributed by atoms with E-state index in [1.165, 1.54) is 16.4 Å². The SMILES string of the molecule is CCOc1ccc(S(=O)(=O)N2CCCCC2)cc1NC(=O)CN1CCCC(O)C1. The number of likely N-dealkylation sites (tertiary alicyclic amines) is 1. The van der Waals surface area contributed by atoms with Crippen molar-refractivity contribution in [1.82, 2.24) is 9.21 Å². The van der Waals surface area contributed by atoms with Gasteiger partial charge in [-0.15, -0.1) is 0 Å². The summed E-state index contributed by atoms with van der Waals surface area (Å²) in [6.45, 7) is 4.65. The van der Waals surface area contributed by atoms with Gasteiger partial charge in [-0.3, -0.25) is 9.69 Å². The van der Waals surface area contributed by atoms with E-state index in [2.05, 4.69) is 5.32 Å². The number of aliphatic hydroxyl groups excluding tert-OH is 1. The van der Waals surface area contributed by atoms with Crippen LogP contribution in [0, 0.1) is 0 Å². The van der Waals surface area contributed by atoms with E-state index in [9.17, 15) is 18.3 Å².